The zero-order chi connectivity index (χ0) is 17.9. The molecule has 1 fully saturated rings. The number of aromatic nitrogens is 2. The molecule has 26 heavy (non-hydrogen) atoms. The maximum absolute atomic E-state index is 12.4. The van der Waals surface area contributed by atoms with Crippen molar-refractivity contribution in [2.45, 2.75) is 6.92 Å². The molecule has 1 aliphatic heterocycles. The van der Waals surface area contributed by atoms with Crippen LogP contribution in [0.25, 0.3) is 10.9 Å². The molecule has 1 aromatic carbocycles. The molecule has 0 radical (unpaired) electrons. The van der Waals surface area contributed by atoms with Crippen molar-refractivity contribution in [3.05, 3.63) is 60.4 Å². The standard InChI is InChI=1S/C20H20N4O2/c1-15-4-7-19(22-14-15)23-9-11-24(12-10-23)20(25)26-17-6-5-16-3-2-8-21-18(16)13-17/h2-8,13-14H,9-12H2,1H3. The number of pyridine rings is 2. The second kappa shape index (κ2) is 7.00. The van der Waals surface area contributed by atoms with Gasteiger partial charge in [-0.3, -0.25) is 4.98 Å². The summed E-state index contributed by atoms with van der Waals surface area (Å²) in [6.45, 7) is 4.72. The lowest BCUT2D eigenvalue weighted by atomic mass is 10.2. The predicted molar refractivity (Wildman–Crippen MR) is 101 cm³/mol. The van der Waals surface area contributed by atoms with Gasteiger partial charge < -0.3 is 14.5 Å². The van der Waals surface area contributed by atoms with Crippen LogP contribution in [0, 0.1) is 6.92 Å². The number of hydrogen-bond donors (Lipinski definition) is 0. The van der Waals surface area contributed by atoms with Crippen molar-refractivity contribution >= 4 is 22.8 Å². The van der Waals surface area contributed by atoms with E-state index in [1.807, 2.05) is 37.4 Å². The van der Waals surface area contributed by atoms with E-state index in [4.69, 9.17) is 4.74 Å². The van der Waals surface area contributed by atoms with Crippen molar-refractivity contribution in [3.8, 4) is 5.75 Å². The monoisotopic (exact) mass is 348 g/mol. The Hall–Kier alpha value is -3.15. The molecule has 6 nitrogen and oxygen atoms in total. The Morgan fingerprint density at radius 1 is 1.04 bits per heavy atom. The number of hydrogen-bond acceptors (Lipinski definition) is 5. The molecule has 0 spiro atoms. The Labute approximate surface area is 152 Å². The summed E-state index contributed by atoms with van der Waals surface area (Å²) in [4.78, 5) is 25.1. The van der Waals surface area contributed by atoms with E-state index < -0.39 is 0 Å². The first kappa shape index (κ1) is 16.3. The molecular weight excluding hydrogens is 328 g/mol. The fourth-order valence-corrected chi connectivity index (χ4v) is 3.04. The van der Waals surface area contributed by atoms with Gasteiger partial charge in [-0.1, -0.05) is 12.1 Å². The SMILES string of the molecule is Cc1ccc(N2CCN(C(=O)Oc3ccc4cccnc4c3)CC2)nc1. The minimum absolute atomic E-state index is 0.322. The Bertz CT molecular complexity index is 919. The molecule has 0 bridgehead atoms. The highest BCUT2D eigenvalue weighted by Crippen LogP contribution is 2.20. The average Bonchev–Trinajstić information content (AvgIpc) is 2.68. The van der Waals surface area contributed by atoms with Gasteiger partial charge in [-0.15, -0.1) is 0 Å². The van der Waals surface area contributed by atoms with Gasteiger partial charge in [0.05, 0.1) is 5.52 Å². The number of rotatable bonds is 2. The summed E-state index contributed by atoms with van der Waals surface area (Å²) >= 11 is 0. The molecule has 0 N–H and O–H groups in total. The Balaban J connectivity index is 1.37. The highest BCUT2D eigenvalue weighted by Gasteiger charge is 2.23. The molecule has 1 aliphatic rings. The van der Waals surface area contributed by atoms with Gasteiger partial charge in [-0.05, 0) is 36.8 Å². The van der Waals surface area contributed by atoms with Crippen LogP contribution in [0.4, 0.5) is 10.6 Å². The fraction of sp³-hybridized carbons (Fsp3) is 0.250. The molecule has 3 heterocycles. The van der Waals surface area contributed by atoms with Gasteiger partial charge in [0.15, 0.2) is 0 Å². The van der Waals surface area contributed by atoms with Gasteiger partial charge in [0.2, 0.25) is 0 Å². The molecule has 1 saturated heterocycles. The molecule has 3 aromatic rings. The van der Waals surface area contributed by atoms with Gasteiger partial charge >= 0.3 is 6.09 Å². The van der Waals surface area contributed by atoms with E-state index in [9.17, 15) is 4.79 Å². The number of fused-ring (bicyclic) bond motifs is 1. The number of nitrogens with zero attached hydrogens (tertiary/aromatic N) is 4. The van der Waals surface area contributed by atoms with E-state index in [2.05, 4.69) is 20.9 Å². The topological polar surface area (TPSA) is 58.6 Å². The van der Waals surface area contributed by atoms with Crippen LogP contribution in [-0.4, -0.2) is 47.1 Å². The predicted octanol–water partition coefficient (Wildman–Crippen LogP) is 3.26. The Kier molecular flexibility index (Phi) is 4.39. The lowest BCUT2D eigenvalue weighted by molar-refractivity contribution is 0.149. The summed E-state index contributed by atoms with van der Waals surface area (Å²) in [6.07, 6.45) is 3.27. The van der Waals surface area contributed by atoms with E-state index in [1.165, 1.54) is 0 Å². The number of amides is 1. The van der Waals surface area contributed by atoms with Crippen molar-refractivity contribution in [1.82, 2.24) is 14.9 Å². The largest absolute Gasteiger partial charge is 0.415 e. The smallest absolute Gasteiger partial charge is 0.410 e. The van der Waals surface area contributed by atoms with Crippen LogP contribution in [0.2, 0.25) is 0 Å². The average molecular weight is 348 g/mol. The van der Waals surface area contributed by atoms with E-state index in [1.54, 1.807) is 23.2 Å². The van der Waals surface area contributed by atoms with Crippen molar-refractivity contribution in [3.63, 3.8) is 0 Å². The van der Waals surface area contributed by atoms with Crippen LogP contribution >= 0.6 is 0 Å². The normalized spacial score (nSPS) is 14.5. The van der Waals surface area contributed by atoms with Crippen molar-refractivity contribution < 1.29 is 9.53 Å². The second-order valence-electron chi connectivity index (χ2n) is 6.39. The molecular formula is C20H20N4O2. The highest BCUT2D eigenvalue weighted by atomic mass is 16.6. The zero-order valence-electron chi connectivity index (χ0n) is 14.6. The molecule has 4 rings (SSSR count). The van der Waals surface area contributed by atoms with Gasteiger partial charge in [-0.25, -0.2) is 9.78 Å². The van der Waals surface area contributed by atoms with Crippen LogP contribution in [0.3, 0.4) is 0 Å². The van der Waals surface area contributed by atoms with Gasteiger partial charge in [-0.2, -0.15) is 0 Å². The summed E-state index contributed by atoms with van der Waals surface area (Å²) in [5, 5.41) is 1.02. The quantitative estimate of drug-likeness (QED) is 0.711. The Morgan fingerprint density at radius 3 is 2.65 bits per heavy atom. The summed E-state index contributed by atoms with van der Waals surface area (Å²) in [5.74, 6) is 1.47. The number of aryl methyl sites for hydroxylation is 1. The molecule has 0 unspecified atom stereocenters. The van der Waals surface area contributed by atoms with Gasteiger partial charge in [0.1, 0.15) is 11.6 Å². The Morgan fingerprint density at radius 2 is 1.88 bits per heavy atom. The molecule has 132 valence electrons. The third kappa shape index (κ3) is 3.44. The van der Waals surface area contributed by atoms with E-state index in [0.29, 0.717) is 18.8 Å². The van der Waals surface area contributed by atoms with Crippen LogP contribution in [0.15, 0.2) is 54.9 Å². The second-order valence-corrected chi connectivity index (χ2v) is 6.39. The number of carbonyl (C=O) groups excluding carboxylic acids is 1. The maximum atomic E-state index is 12.4. The third-order valence-electron chi connectivity index (χ3n) is 4.54. The summed E-state index contributed by atoms with van der Waals surface area (Å²) in [6, 6.07) is 13.4. The first-order valence-electron chi connectivity index (χ1n) is 8.68. The van der Waals surface area contributed by atoms with Crippen molar-refractivity contribution in [2.75, 3.05) is 31.1 Å². The minimum atomic E-state index is -0.322. The first-order chi connectivity index (χ1) is 12.7. The molecule has 0 atom stereocenters. The van der Waals surface area contributed by atoms with Crippen LogP contribution < -0.4 is 9.64 Å². The summed E-state index contributed by atoms with van der Waals surface area (Å²) in [5.41, 5.74) is 1.95. The van der Waals surface area contributed by atoms with E-state index >= 15 is 0 Å². The molecule has 6 heteroatoms. The van der Waals surface area contributed by atoms with Crippen LogP contribution in [-0.2, 0) is 0 Å². The number of piperazine rings is 1. The van der Waals surface area contributed by atoms with E-state index in [0.717, 1.165) is 35.4 Å². The zero-order valence-corrected chi connectivity index (χ0v) is 14.6. The number of benzene rings is 1. The third-order valence-corrected chi connectivity index (χ3v) is 4.54. The van der Waals surface area contributed by atoms with Crippen LogP contribution in [0.5, 0.6) is 5.75 Å². The number of ether oxygens (including phenoxy) is 1. The summed E-state index contributed by atoms with van der Waals surface area (Å²) in [7, 11) is 0. The summed E-state index contributed by atoms with van der Waals surface area (Å²) < 4.78 is 5.53. The number of anilines is 1. The maximum Gasteiger partial charge on any atom is 0.415 e. The minimum Gasteiger partial charge on any atom is -0.410 e. The lowest BCUT2D eigenvalue weighted by Crippen LogP contribution is -2.49. The lowest BCUT2D eigenvalue weighted by Gasteiger charge is -2.34. The molecule has 2 aromatic heterocycles. The molecule has 0 saturated carbocycles. The van der Waals surface area contributed by atoms with Gasteiger partial charge in [0.25, 0.3) is 0 Å². The van der Waals surface area contributed by atoms with Crippen molar-refractivity contribution in [1.29, 1.82) is 0 Å². The van der Waals surface area contributed by atoms with Crippen LogP contribution in [0.1, 0.15) is 5.56 Å². The molecule has 1 amide bonds. The highest BCUT2D eigenvalue weighted by molar-refractivity contribution is 5.81. The fourth-order valence-electron chi connectivity index (χ4n) is 3.04. The molecule has 0 aliphatic carbocycles. The number of carbonyl (C=O) groups is 1. The van der Waals surface area contributed by atoms with Gasteiger partial charge in [0, 0.05) is 50.0 Å². The van der Waals surface area contributed by atoms with Crippen molar-refractivity contribution in [2.24, 2.45) is 0 Å². The first-order valence-corrected chi connectivity index (χ1v) is 8.68. The van der Waals surface area contributed by atoms with E-state index in [-0.39, 0.29) is 6.09 Å².